The number of oxime groups is 1. The molecule has 0 saturated heterocycles. The molecule has 0 saturated carbocycles. The number of unbranched alkanes of at least 4 members (excludes halogenated alkanes) is 1. The Bertz CT molecular complexity index is 119. The van der Waals surface area contributed by atoms with Gasteiger partial charge in [0.2, 0.25) is 0 Å². The first-order valence-corrected chi connectivity index (χ1v) is 4.35. The lowest BCUT2D eigenvalue weighted by Crippen LogP contribution is -2.02. The van der Waals surface area contributed by atoms with Crippen molar-refractivity contribution in [3.8, 4) is 0 Å². The third-order valence-corrected chi connectivity index (χ3v) is 1.63. The highest BCUT2D eigenvalue weighted by molar-refractivity contribution is 5.83. The highest BCUT2D eigenvalue weighted by atomic mass is 16.6. The summed E-state index contributed by atoms with van der Waals surface area (Å²) < 4.78 is 0. The normalized spacial score (nSPS) is 12.3. The standard InChI is InChI=1S/C9H19NO/c1-5-6-7-11-10-9(4)8(2)3/h8H,5-7H2,1-4H3/b10-9+. The summed E-state index contributed by atoms with van der Waals surface area (Å²) in [4.78, 5) is 5.09. The van der Waals surface area contributed by atoms with Gasteiger partial charge in [-0.2, -0.15) is 0 Å². The van der Waals surface area contributed by atoms with E-state index in [9.17, 15) is 0 Å². The predicted molar refractivity (Wildman–Crippen MR) is 48.8 cm³/mol. The maximum atomic E-state index is 5.09. The van der Waals surface area contributed by atoms with Crippen molar-refractivity contribution < 1.29 is 4.84 Å². The van der Waals surface area contributed by atoms with Crippen LogP contribution < -0.4 is 0 Å². The molecule has 0 aliphatic heterocycles. The Kier molecular flexibility index (Phi) is 5.90. The van der Waals surface area contributed by atoms with Crippen LogP contribution in [-0.4, -0.2) is 12.3 Å². The van der Waals surface area contributed by atoms with Gasteiger partial charge in [-0.25, -0.2) is 0 Å². The van der Waals surface area contributed by atoms with Crippen molar-refractivity contribution in [2.75, 3.05) is 6.61 Å². The minimum Gasteiger partial charge on any atom is -0.396 e. The molecule has 0 heterocycles. The van der Waals surface area contributed by atoms with Crippen LogP contribution in [0.25, 0.3) is 0 Å². The molecule has 11 heavy (non-hydrogen) atoms. The summed E-state index contributed by atoms with van der Waals surface area (Å²) >= 11 is 0. The van der Waals surface area contributed by atoms with E-state index in [1.54, 1.807) is 0 Å². The van der Waals surface area contributed by atoms with Crippen LogP contribution in [0.5, 0.6) is 0 Å². The van der Waals surface area contributed by atoms with Gasteiger partial charge in [0, 0.05) is 0 Å². The molecule has 0 radical (unpaired) electrons. The summed E-state index contributed by atoms with van der Waals surface area (Å²) in [5.74, 6) is 0.497. The molecule has 66 valence electrons. The van der Waals surface area contributed by atoms with Crippen molar-refractivity contribution in [1.82, 2.24) is 0 Å². The average Bonchev–Trinajstić information content (AvgIpc) is 1.97. The zero-order valence-corrected chi connectivity index (χ0v) is 8.05. The first-order valence-electron chi connectivity index (χ1n) is 4.35. The average molecular weight is 157 g/mol. The second-order valence-corrected chi connectivity index (χ2v) is 3.07. The SMILES string of the molecule is CCCCO/N=C(\C)C(C)C. The summed E-state index contributed by atoms with van der Waals surface area (Å²) in [5.41, 5.74) is 1.07. The highest BCUT2D eigenvalue weighted by Gasteiger charge is 1.96. The van der Waals surface area contributed by atoms with E-state index in [2.05, 4.69) is 25.9 Å². The Balaban J connectivity index is 3.40. The van der Waals surface area contributed by atoms with Crippen LogP contribution in [-0.2, 0) is 4.84 Å². The van der Waals surface area contributed by atoms with E-state index in [1.165, 1.54) is 0 Å². The van der Waals surface area contributed by atoms with Gasteiger partial charge in [0.1, 0.15) is 6.61 Å². The van der Waals surface area contributed by atoms with E-state index >= 15 is 0 Å². The maximum Gasteiger partial charge on any atom is 0.117 e. The van der Waals surface area contributed by atoms with Crippen molar-refractivity contribution in [1.29, 1.82) is 0 Å². The molecule has 0 rings (SSSR count). The molecule has 0 aromatic rings. The lowest BCUT2D eigenvalue weighted by molar-refractivity contribution is 0.139. The van der Waals surface area contributed by atoms with E-state index in [1.807, 2.05) is 6.92 Å². The smallest absolute Gasteiger partial charge is 0.117 e. The quantitative estimate of drug-likeness (QED) is 0.341. The van der Waals surface area contributed by atoms with Crippen LogP contribution in [0.2, 0.25) is 0 Å². The van der Waals surface area contributed by atoms with Crippen molar-refractivity contribution in [2.24, 2.45) is 11.1 Å². The van der Waals surface area contributed by atoms with Crippen molar-refractivity contribution in [3.63, 3.8) is 0 Å². The fraction of sp³-hybridized carbons (Fsp3) is 0.889. The van der Waals surface area contributed by atoms with E-state index in [4.69, 9.17) is 4.84 Å². The number of hydrogen-bond donors (Lipinski definition) is 0. The van der Waals surface area contributed by atoms with Crippen molar-refractivity contribution >= 4 is 5.71 Å². The lowest BCUT2D eigenvalue weighted by Gasteiger charge is -2.03. The molecule has 0 aromatic heterocycles. The maximum absolute atomic E-state index is 5.09. The van der Waals surface area contributed by atoms with Crippen LogP contribution in [0.4, 0.5) is 0 Å². The van der Waals surface area contributed by atoms with Gasteiger partial charge in [0.25, 0.3) is 0 Å². The van der Waals surface area contributed by atoms with Gasteiger partial charge in [0.05, 0.1) is 5.71 Å². The molecule has 0 aromatic carbocycles. The predicted octanol–water partition coefficient (Wildman–Crippen LogP) is 2.84. The molecule has 0 N–H and O–H groups in total. The largest absolute Gasteiger partial charge is 0.396 e. The summed E-state index contributed by atoms with van der Waals surface area (Å²) in [6.07, 6.45) is 2.26. The Morgan fingerprint density at radius 1 is 1.45 bits per heavy atom. The number of rotatable bonds is 5. The molecule has 0 bridgehead atoms. The molecule has 0 atom stereocenters. The third kappa shape index (κ3) is 5.89. The third-order valence-electron chi connectivity index (χ3n) is 1.63. The Labute approximate surface area is 69.6 Å². The van der Waals surface area contributed by atoms with Crippen molar-refractivity contribution in [2.45, 2.75) is 40.5 Å². The highest BCUT2D eigenvalue weighted by Crippen LogP contribution is 1.97. The lowest BCUT2D eigenvalue weighted by atomic mass is 10.1. The zero-order valence-electron chi connectivity index (χ0n) is 8.05. The monoisotopic (exact) mass is 157 g/mol. The molecule has 0 aliphatic carbocycles. The van der Waals surface area contributed by atoms with E-state index in [-0.39, 0.29) is 0 Å². The molecule has 0 aliphatic rings. The Morgan fingerprint density at radius 3 is 2.55 bits per heavy atom. The molecule has 2 nitrogen and oxygen atoms in total. The Hall–Kier alpha value is -0.530. The van der Waals surface area contributed by atoms with E-state index in [0.717, 1.165) is 25.2 Å². The molecule has 0 spiro atoms. The van der Waals surface area contributed by atoms with Crippen LogP contribution in [0.15, 0.2) is 5.16 Å². The molecule has 2 heteroatoms. The van der Waals surface area contributed by atoms with E-state index < -0.39 is 0 Å². The summed E-state index contributed by atoms with van der Waals surface area (Å²) in [5, 5.41) is 3.98. The second kappa shape index (κ2) is 6.20. The van der Waals surface area contributed by atoms with Crippen LogP contribution >= 0.6 is 0 Å². The Morgan fingerprint density at radius 2 is 2.09 bits per heavy atom. The van der Waals surface area contributed by atoms with Crippen LogP contribution in [0, 0.1) is 5.92 Å². The van der Waals surface area contributed by atoms with Crippen molar-refractivity contribution in [3.05, 3.63) is 0 Å². The van der Waals surface area contributed by atoms with Gasteiger partial charge >= 0.3 is 0 Å². The fourth-order valence-electron chi connectivity index (χ4n) is 0.462. The fourth-order valence-corrected chi connectivity index (χ4v) is 0.462. The zero-order chi connectivity index (χ0) is 8.69. The van der Waals surface area contributed by atoms with Gasteiger partial charge in [-0.05, 0) is 19.3 Å². The van der Waals surface area contributed by atoms with Gasteiger partial charge in [-0.3, -0.25) is 0 Å². The van der Waals surface area contributed by atoms with E-state index in [0.29, 0.717) is 5.92 Å². The summed E-state index contributed by atoms with van der Waals surface area (Å²) in [6.45, 7) is 9.11. The molecular formula is C9H19NO. The number of nitrogens with zero attached hydrogens (tertiary/aromatic N) is 1. The molecular weight excluding hydrogens is 138 g/mol. The first-order chi connectivity index (χ1) is 5.18. The molecule has 0 unspecified atom stereocenters. The molecule has 0 amide bonds. The first kappa shape index (κ1) is 10.5. The summed E-state index contributed by atoms with van der Waals surface area (Å²) in [7, 11) is 0. The topological polar surface area (TPSA) is 21.6 Å². The van der Waals surface area contributed by atoms with Gasteiger partial charge in [0.15, 0.2) is 0 Å². The van der Waals surface area contributed by atoms with Gasteiger partial charge in [-0.1, -0.05) is 32.3 Å². The number of hydrogen-bond acceptors (Lipinski definition) is 2. The van der Waals surface area contributed by atoms with Gasteiger partial charge < -0.3 is 4.84 Å². The minimum absolute atomic E-state index is 0.497. The summed E-state index contributed by atoms with van der Waals surface area (Å²) in [6, 6.07) is 0. The van der Waals surface area contributed by atoms with Crippen LogP contribution in [0.1, 0.15) is 40.5 Å². The van der Waals surface area contributed by atoms with Crippen LogP contribution in [0.3, 0.4) is 0 Å². The second-order valence-electron chi connectivity index (χ2n) is 3.07. The molecule has 0 fully saturated rings. The van der Waals surface area contributed by atoms with Gasteiger partial charge in [-0.15, -0.1) is 0 Å². The minimum atomic E-state index is 0.497.